The van der Waals surface area contributed by atoms with Crippen LogP contribution in [0.25, 0.3) is 0 Å². The molecule has 0 saturated carbocycles. The predicted octanol–water partition coefficient (Wildman–Crippen LogP) is 4.36. The maximum atomic E-state index is 11.1. The van der Waals surface area contributed by atoms with Gasteiger partial charge in [0.2, 0.25) is 0 Å². The molecule has 0 aliphatic carbocycles. The SMILES string of the molecule is CCOc1cc([S@@](C)=O)nnc1SC.CCOc1cc([S@@](C)=O)nnc1SC.c1ccccc1. The van der Waals surface area contributed by atoms with Crippen LogP contribution >= 0.6 is 23.5 Å². The van der Waals surface area contributed by atoms with Crippen LogP contribution in [-0.4, -0.2) is 67.0 Å². The lowest BCUT2D eigenvalue weighted by Crippen LogP contribution is -2.01. The molecule has 3 aromatic rings. The normalized spacial score (nSPS) is 11.7. The van der Waals surface area contributed by atoms with Crippen molar-refractivity contribution in [3.05, 3.63) is 48.5 Å². The minimum Gasteiger partial charge on any atom is -0.491 e. The van der Waals surface area contributed by atoms with Gasteiger partial charge in [0.25, 0.3) is 0 Å². The Morgan fingerprint density at radius 3 is 1.24 bits per heavy atom. The molecule has 2 aromatic heterocycles. The van der Waals surface area contributed by atoms with E-state index in [9.17, 15) is 8.42 Å². The zero-order valence-corrected chi connectivity index (χ0v) is 23.4. The number of ether oxygens (including phenoxy) is 2. The van der Waals surface area contributed by atoms with Crippen molar-refractivity contribution in [2.75, 3.05) is 38.2 Å². The van der Waals surface area contributed by atoms with Gasteiger partial charge in [-0.25, -0.2) is 0 Å². The van der Waals surface area contributed by atoms with Gasteiger partial charge in [-0.05, 0) is 26.4 Å². The lowest BCUT2D eigenvalue weighted by molar-refractivity contribution is 0.326. The van der Waals surface area contributed by atoms with Crippen molar-refractivity contribution in [3.63, 3.8) is 0 Å². The minimum absolute atomic E-state index is 0.450. The monoisotopic (exact) mass is 542 g/mol. The van der Waals surface area contributed by atoms with Crippen LogP contribution in [0.3, 0.4) is 0 Å². The van der Waals surface area contributed by atoms with E-state index in [1.54, 1.807) is 24.6 Å². The Balaban J connectivity index is 0.000000274. The van der Waals surface area contributed by atoms with Crippen molar-refractivity contribution in [2.24, 2.45) is 0 Å². The number of aromatic nitrogens is 4. The maximum Gasteiger partial charge on any atom is 0.161 e. The third-order valence-corrected chi connectivity index (χ3v) is 6.57. The second kappa shape index (κ2) is 17.4. The van der Waals surface area contributed by atoms with Gasteiger partial charge in [-0.2, -0.15) is 0 Å². The number of hydrogen-bond acceptors (Lipinski definition) is 10. The van der Waals surface area contributed by atoms with E-state index in [4.69, 9.17) is 9.47 Å². The Kier molecular flexibility index (Phi) is 15.4. The van der Waals surface area contributed by atoms with E-state index in [0.717, 1.165) is 10.1 Å². The third kappa shape index (κ3) is 10.9. The molecule has 8 nitrogen and oxygen atoms in total. The smallest absolute Gasteiger partial charge is 0.161 e. The first kappa shape index (κ1) is 30.0. The molecule has 12 heteroatoms. The summed E-state index contributed by atoms with van der Waals surface area (Å²) in [7, 11) is -2.23. The molecule has 0 N–H and O–H groups in total. The topological polar surface area (TPSA) is 104 Å². The van der Waals surface area contributed by atoms with Gasteiger partial charge in [-0.3, -0.25) is 8.42 Å². The highest BCUT2D eigenvalue weighted by atomic mass is 32.2. The molecule has 0 aliphatic rings. The van der Waals surface area contributed by atoms with Crippen molar-refractivity contribution in [1.82, 2.24) is 20.4 Å². The van der Waals surface area contributed by atoms with Crippen molar-refractivity contribution in [1.29, 1.82) is 0 Å². The Hall–Kier alpha value is -2.02. The van der Waals surface area contributed by atoms with E-state index in [2.05, 4.69) is 20.4 Å². The van der Waals surface area contributed by atoms with Crippen molar-refractivity contribution in [2.45, 2.75) is 34.0 Å². The molecule has 0 spiro atoms. The molecule has 1 aromatic carbocycles. The molecule has 34 heavy (non-hydrogen) atoms. The van der Waals surface area contributed by atoms with Crippen LogP contribution in [0.1, 0.15) is 13.8 Å². The van der Waals surface area contributed by atoms with E-state index in [1.165, 1.54) is 23.5 Å². The molecule has 186 valence electrons. The van der Waals surface area contributed by atoms with Gasteiger partial charge in [-0.1, -0.05) is 36.4 Å². The van der Waals surface area contributed by atoms with E-state index >= 15 is 0 Å². The first-order valence-corrected chi connectivity index (χ1v) is 15.7. The fourth-order valence-corrected chi connectivity index (χ4v) is 3.90. The minimum atomic E-state index is -1.12. The Morgan fingerprint density at radius 2 is 1.00 bits per heavy atom. The molecule has 0 unspecified atom stereocenters. The number of rotatable bonds is 8. The van der Waals surface area contributed by atoms with E-state index < -0.39 is 21.6 Å². The van der Waals surface area contributed by atoms with Crippen LogP contribution in [0, 0.1) is 0 Å². The highest BCUT2D eigenvalue weighted by Crippen LogP contribution is 2.26. The summed E-state index contributed by atoms with van der Waals surface area (Å²) in [6.45, 7) is 4.92. The van der Waals surface area contributed by atoms with Crippen LogP contribution in [0.5, 0.6) is 11.5 Å². The van der Waals surface area contributed by atoms with Crippen molar-refractivity contribution < 1.29 is 17.9 Å². The highest BCUT2D eigenvalue weighted by Gasteiger charge is 2.10. The first-order chi connectivity index (χ1) is 16.4. The molecule has 2 atom stereocenters. The molecule has 0 radical (unpaired) electrons. The van der Waals surface area contributed by atoms with E-state index in [1.807, 2.05) is 62.8 Å². The van der Waals surface area contributed by atoms with Crippen LogP contribution < -0.4 is 9.47 Å². The number of nitrogens with zero attached hydrogens (tertiary/aromatic N) is 4. The van der Waals surface area contributed by atoms with Gasteiger partial charge in [-0.15, -0.1) is 43.9 Å². The van der Waals surface area contributed by atoms with Gasteiger partial charge in [0, 0.05) is 24.6 Å². The number of thioether (sulfide) groups is 2. The second-order valence-electron chi connectivity index (χ2n) is 6.04. The van der Waals surface area contributed by atoms with Crippen LogP contribution in [0.15, 0.2) is 68.6 Å². The lowest BCUT2D eigenvalue weighted by atomic mass is 10.4. The average Bonchev–Trinajstić information content (AvgIpc) is 2.86. The fraction of sp³-hybridized carbons (Fsp3) is 0.364. The van der Waals surface area contributed by atoms with Gasteiger partial charge in [0.15, 0.2) is 31.6 Å². The predicted molar refractivity (Wildman–Crippen MR) is 141 cm³/mol. The summed E-state index contributed by atoms with van der Waals surface area (Å²) in [4.78, 5) is 0. The summed E-state index contributed by atoms with van der Waals surface area (Å²) in [5.74, 6) is 1.31. The molecule has 2 heterocycles. The summed E-state index contributed by atoms with van der Waals surface area (Å²) in [6, 6.07) is 15.4. The molecular weight excluding hydrogens is 513 g/mol. The second-order valence-corrected chi connectivity index (χ2v) is 10.3. The van der Waals surface area contributed by atoms with Gasteiger partial charge in [0.05, 0.1) is 34.8 Å². The summed E-state index contributed by atoms with van der Waals surface area (Å²) in [5, 5.41) is 17.9. The molecule has 0 amide bonds. The fourth-order valence-electron chi connectivity index (χ4n) is 2.16. The van der Waals surface area contributed by atoms with Gasteiger partial charge < -0.3 is 9.47 Å². The van der Waals surface area contributed by atoms with Crippen LogP contribution in [0.2, 0.25) is 0 Å². The summed E-state index contributed by atoms with van der Waals surface area (Å²) in [5.41, 5.74) is 0. The molecule has 3 rings (SSSR count). The molecule has 0 fully saturated rings. The zero-order valence-electron chi connectivity index (χ0n) is 20.1. The Bertz CT molecular complexity index is 948. The van der Waals surface area contributed by atoms with Crippen molar-refractivity contribution >= 4 is 45.1 Å². The highest BCUT2D eigenvalue weighted by molar-refractivity contribution is 7.98. The van der Waals surface area contributed by atoms with Gasteiger partial charge in [0.1, 0.15) is 0 Å². The average molecular weight is 543 g/mol. The van der Waals surface area contributed by atoms with E-state index in [0.29, 0.717) is 34.8 Å². The third-order valence-electron chi connectivity index (χ3n) is 3.65. The van der Waals surface area contributed by atoms with Crippen LogP contribution in [-0.2, 0) is 21.6 Å². The summed E-state index contributed by atoms with van der Waals surface area (Å²) >= 11 is 2.92. The standard InChI is InChI=1S/2C8H12N2O2S2.C6H6/c2*1-4-12-6-5-7(14(3)11)9-10-8(6)13-2;1-2-4-6-5-3-1/h2*5H,4H2,1-3H3;1-6H/t2*14-;/m11./s1. The molecule has 0 aliphatic heterocycles. The Morgan fingerprint density at radius 1 is 0.676 bits per heavy atom. The Labute approximate surface area is 215 Å². The number of hydrogen-bond donors (Lipinski definition) is 0. The zero-order chi connectivity index (χ0) is 25.3. The van der Waals surface area contributed by atoms with E-state index in [-0.39, 0.29) is 0 Å². The molecular formula is C22H30N4O4S4. The molecule has 0 bridgehead atoms. The quantitative estimate of drug-likeness (QED) is 0.381. The summed E-state index contributed by atoms with van der Waals surface area (Å²) < 4.78 is 33.0. The lowest BCUT2D eigenvalue weighted by Gasteiger charge is -2.06. The first-order valence-electron chi connectivity index (χ1n) is 10.1. The molecule has 0 saturated heterocycles. The number of benzene rings is 1. The maximum absolute atomic E-state index is 11.1. The summed E-state index contributed by atoms with van der Waals surface area (Å²) in [6.07, 6.45) is 6.93. The van der Waals surface area contributed by atoms with Gasteiger partial charge >= 0.3 is 0 Å². The van der Waals surface area contributed by atoms with Crippen LogP contribution in [0.4, 0.5) is 0 Å². The largest absolute Gasteiger partial charge is 0.491 e. The van der Waals surface area contributed by atoms with Crippen molar-refractivity contribution in [3.8, 4) is 11.5 Å².